The summed E-state index contributed by atoms with van der Waals surface area (Å²) in [5, 5.41) is 18.0. The van der Waals surface area contributed by atoms with Crippen molar-refractivity contribution in [1.82, 2.24) is 0 Å². The van der Waals surface area contributed by atoms with E-state index in [1.165, 1.54) is 10.5 Å². The molecule has 1 aliphatic rings. The van der Waals surface area contributed by atoms with Crippen LogP contribution in [-0.4, -0.2) is 22.4 Å². The van der Waals surface area contributed by atoms with Crippen molar-refractivity contribution in [3.8, 4) is 0 Å². The van der Waals surface area contributed by atoms with Crippen molar-refractivity contribution in [3.05, 3.63) is 29.8 Å². The molecule has 1 aromatic rings. The van der Waals surface area contributed by atoms with Gasteiger partial charge in [-0.15, -0.1) is 11.8 Å². The Labute approximate surface area is 82.1 Å². The Balaban J connectivity index is 2.05. The maximum absolute atomic E-state index is 8.83. The maximum atomic E-state index is 8.83. The molecular formula is C9H11BO2S. The molecule has 1 heterocycles. The van der Waals surface area contributed by atoms with Crippen molar-refractivity contribution in [3.63, 3.8) is 0 Å². The zero-order valence-electron chi connectivity index (χ0n) is 7.18. The van der Waals surface area contributed by atoms with E-state index in [1.807, 2.05) is 12.1 Å². The monoisotopic (exact) mass is 194 g/mol. The van der Waals surface area contributed by atoms with Crippen LogP contribution in [0, 0.1) is 0 Å². The largest absolute Gasteiger partial charge is 0.452 e. The molecule has 0 aromatic heterocycles. The van der Waals surface area contributed by atoms with Gasteiger partial charge in [0.15, 0.2) is 0 Å². The average molecular weight is 194 g/mol. The third-order valence-electron chi connectivity index (χ3n) is 2.19. The van der Waals surface area contributed by atoms with E-state index in [-0.39, 0.29) is 0 Å². The molecule has 4 heteroatoms. The molecule has 0 bridgehead atoms. The van der Waals surface area contributed by atoms with Gasteiger partial charge in [0.05, 0.1) is 0 Å². The Hall–Kier alpha value is -0.445. The second kappa shape index (κ2) is 3.74. The number of hydrogen-bond donors (Lipinski definition) is 2. The van der Waals surface area contributed by atoms with Gasteiger partial charge in [-0.2, -0.15) is 0 Å². The Morgan fingerprint density at radius 3 is 2.85 bits per heavy atom. The molecule has 1 aliphatic heterocycles. The van der Waals surface area contributed by atoms with Crippen LogP contribution >= 0.6 is 11.8 Å². The fourth-order valence-electron chi connectivity index (χ4n) is 1.62. The molecule has 0 radical (unpaired) electrons. The molecular weight excluding hydrogens is 183 g/mol. The zero-order chi connectivity index (χ0) is 9.26. The first-order valence-electron chi connectivity index (χ1n) is 4.36. The lowest BCUT2D eigenvalue weighted by Gasteiger charge is -2.05. The number of hydrogen-bond acceptors (Lipinski definition) is 3. The van der Waals surface area contributed by atoms with Crippen molar-refractivity contribution in [2.75, 3.05) is 0 Å². The average Bonchev–Trinajstić information content (AvgIpc) is 2.44. The summed E-state index contributed by atoms with van der Waals surface area (Å²) in [7, 11) is -1.17. The van der Waals surface area contributed by atoms with Crippen LogP contribution in [0.2, 0.25) is 6.32 Å². The topological polar surface area (TPSA) is 40.5 Å². The summed E-state index contributed by atoms with van der Waals surface area (Å²) in [6.07, 6.45) is 1.41. The van der Waals surface area contributed by atoms with Crippen molar-refractivity contribution in [1.29, 1.82) is 0 Å². The van der Waals surface area contributed by atoms with Crippen LogP contribution < -0.4 is 0 Å². The van der Waals surface area contributed by atoms with E-state index < -0.39 is 7.12 Å². The van der Waals surface area contributed by atoms with E-state index >= 15 is 0 Å². The number of benzene rings is 1. The van der Waals surface area contributed by atoms with Crippen LogP contribution in [0.3, 0.4) is 0 Å². The standard InChI is InChI=1S/C9H11BO2S/c11-10(12)6-8-5-7-3-1-2-4-9(7)13-8/h1-4,8,11-12H,5-6H2. The van der Waals surface area contributed by atoms with Crippen LogP contribution in [-0.2, 0) is 6.42 Å². The molecule has 0 fully saturated rings. The lowest BCUT2D eigenvalue weighted by atomic mass is 9.83. The van der Waals surface area contributed by atoms with Gasteiger partial charge in [-0.05, 0) is 24.4 Å². The van der Waals surface area contributed by atoms with E-state index in [0.717, 1.165) is 6.42 Å². The van der Waals surface area contributed by atoms with Crippen LogP contribution in [0.4, 0.5) is 0 Å². The molecule has 0 aliphatic carbocycles. The SMILES string of the molecule is OB(O)CC1Cc2ccccc2S1. The van der Waals surface area contributed by atoms with E-state index in [4.69, 9.17) is 10.0 Å². The van der Waals surface area contributed by atoms with Gasteiger partial charge in [-0.3, -0.25) is 0 Å². The smallest absolute Gasteiger partial charge is 0.427 e. The van der Waals surface area contributed by atoms with Gasteiger partial charge < -0.3 is 10.0 Å². The first-order chi connectivity index (χ1) is 6.25. The fraction of sp³-hybridized carbons (Fsp3) is 0.333. The Bertz CT molecular complexity index is 278. The summed E-state index contributed by atoms with van der Waals surface area (Å²) in [5.74, 6) is 0. The summed E-state index contributed by atoms with van der Waals surface area (Å²) in [5.41, 5.74) is 1.33. The third-order valence-corrected chi connectivity index (χ3v) is 3.53. The highest BCUT2D eigenvalue weighted by atomic mass is 32.2. The maximum Gasteiger partial charge on any atom is 0.452 e. The van der Waals surface area contributed by atoms with E-state index in [0.29, 0.717) is 11.6 Å². The molecule has 0 saturated carbocycles. The molecule has 68 valence electrons. The Kier molecular flexibility index (Phi) is 2.62. The first-order valence-corrected chi connectivity index (χ1v) is 5.24. The van der Waals surface area contributed by atoms with Crippen LogP contribution in [0.5, 0.6) is 0 Å². The molecule has 13 heavy (non-hydrogen) atoms. The number of thioether (sulfide) groups is 1. The first kappa shape index (κ1) is 9.12. The minimum Gasteiger partial charge on any atom is -0.427 e. The van der Waals surface area contributed by atoms with E-state index in [1.54, 1.807) is 11.8 Å². The molecule has 0 amide bonds. The summed E-state index contributed by atoms with van der Waals surface area (Å²) in [4.78, 5) is 1.29. The fourth-order valence-corrected chi connectivity index (χ4v) is 2.97. The minimum absolute atomic E-state index is 0.331. The molecule has 2 nitrogen and oxygen atoms in total. The molecule has 0 saturated heterocycles. The highest BCUT2D eigenvalue weighted by Gasteiger charge is 2.25. The predicted molar refractivity (Wildman–Crippen MR) is 54.8 cm³/mol. The van der Waals surface area contributed by atoms with Gasteiger partial charge in [0, 0.05) is 10.1 Å². The highest BCUT2D eigenvalue weighted by molar-refractivity contribution is 8.00. The van der Waals surface area contributed by atoms with Crippen LogP contribution in [0.15, 0.2) is 29.2 Å². The Morgan fingerprint density at radius 1 is 1.38 bits per heavy atom. The summed E-state index contributed by atoms with van der Waals surface area (Å²) in [6, 6.07) is 8.23. The summed E-state index contributed by atoms with van der Waals surface area (Å²) >= 11 is 1.74. The van der Waals surface area contributed by atoms with Crippen LogP contribution in [0.25, 0.3) is 0 Å². The van der Waals surface area contributed by atoms with Gasteiger partial charge in [0.1, 0.15) is 0 Å². The molecule has 1 atom stereocenters. The Morgan fingerprint density at radius 2 is 2.15 bits per heavy atom. The van der Waals surface area contributed by atoms with Crippen molar-refractivity contribution >= 4 is 18.9 Å². The van der Waals surface area contributed by atoms with Crippen molar-refractivity contribution < 1.29 is 10.0 Å². The number of fused-ring (bicyclic) bond motifs is 1. The zero-order valence-corrected chi connectivity index (χ0v) is 8.00. The molecule has 0 spiro atoms. The third kappa shape index (κ3) is 2.07. The van der Waals surface area contributed by atoms with Gasteiger partial charge in [0.25, 0.3) is 0 Å². The molecule has 2 N–H and O–H groups in total. The van der Waals surface area contributed by atoms with Gasteiger partial charge in [-0.25, -0.2) is 0 Å². The lowest BCUT2D eigenvalue weighted by Crippen LogP contribution is -2.17. The molecule has 1 unspecified atom stereocenters. The van der Waals surface area contributed by atoms with E-state index in [9.17, 15) is 0 Å². The van der Waals surface area contributed by atoms with Gasteiger partial charge in [-0.1, -0.05) is 18.2 Å². The highest BCUT2D eigenvalue weighted by Crippen LogP contribution is 2.38. The van der Waals surface area contributed by atoms with Crippen molar-refractivity contribution in [2.45, 2.75) is 22.9 Å². The molecule has 1 aromatic carbocycles. The number of rotatable bonds is 2. The summed E-state index contributed by atoms with van der Waals surface area (Å²) in [6.45, 7) is 0. The summed E-state index contributed by atoms with van der Waals surface area (Å²) < 4.78 is 0. The predicted octanol–water partition coefficient (Wildman–Crippen LogP) is 1.18. The second-order valence-corrected chi connectivity index (χ2v) is 4.61. The van der Waals surface area contributed by atoms with Gasteiger partial charge >= 0.3 is 7.12 Å². The lowest BCUT2D eigenvalue weighted by molar-refractivity contribution is 0.404. The van der Waals surface area contributed by atoms with Crippen molar-refractivity contribution in [2.24, 2.45) is 0 Å². The molecule has 2 rings (SSSR count). The van der Waals surface area contributed by atoms with Gasteiger partial charge in [0.2, 0.25) is 0 Å². The normalized spacial score (nSPS) is 20.0. The van der Waals surface area contributed by atoms with E-state index in [2.05, 4.69) is 12.1 Å². The minimum atomic E-state index is -1.17. The second-order valence-electron chi connectivity index (χ2n) is 3.27. The van der Waals surface area contributed by atoms with Crippen LogP contribution in [0.1, 0.15) is 5.56 Å². The quantitative estimate of drug-likeness (QED) is 0.694.